The molecule has 2 amide bonds. The third-order valence-corrected chi connectivity index (χ3v) is 4.01. The van der Waals surface area contributed by atoms with Crippen LogP contribution in [0.1, 0.15) is 0 Å². The van der Waals surface area contributed by atoms with Crippen LogP contribution in [0.25, 0.3) is 22.2 Å². The predicted octanol–water partition coefficient (Wildman–Crippen LogP) is 5.01. The number of para-hydroxylation sites is 1. The van der Waals surface area contributed by atoms with Crippen LogP contribution in [-0.2, 0) is 0 Å². The maximum atomic E-state index is 13.6. The van der Waals surface area contributed by atoms with Gasteiger partial charge in [-0.3, -0.25) is 4.98 Å². The molecular weight excluding hydrogens is 331 g/mol. The molecule has 0 aliphatic rings. The quantitative estimate of drug-likeness (QED) is 0.488. The van der Waals surface area contributed by atoms with Crippen molar-refractivity contribution in [1.29, 1.82) is 0 Å². The van der Waals surface area contributed by atoms with Crippen LogP contribution >= 0.6 is 0 Å². The van der Waals surface area contributed by atoms with E-state index in [9.17, 15) is 9.18 Å². The summed E-state index contributed by atoms with van der Waals surface area (Å²) in [6, 6.07) is 16.7. The van der Waals surface area contributed by atoms with E-state index in [0.29, 0.717) is 5.69 Å². The first kappa shape index (κ1) is 15.8. The molecular formula is C20H15FN4O. The van der Waals surface area contributed by atoms with Crippen LogP contribution < -0.4 is 10.6 Å². The molecule has 4 rings (SSSR count). The number of carbonyl (C=O) groups is 1. The highest BCUT2D eigenvalue weighted by atomic mass is 19.1. The number of amides is 2. The smallest absolute Gasteiger partial charge is 0.323 e. The largest absolute Gasteiger partial charge is 0.359 e. The van der Waals surface area contributed by atoms with E-state index in [2.05, 4.69) is 20.6 Å². The van der Waals surface area contributed by atoms with Crippen molar-refractivity contribution in [2.45, 2.75) is 0 Å². The zero-order valence-corrected chi connectivity index (χ0v) is 13.7. The number of anilines is 2. The minimum absolute atomic E-state index is 0.131. The molecule has 0 bridgehead atoms. The van der Waals surface area contributed by atoms with Gasteiger partial charge >= 0.3 is 6.03 Å². The first-order valence-corrected chi connectivity index (χ1v) is 8.06. The molecule has 2 aromatic carbocycles. The van der Waals surface area contributed by atoms with Crippen molar-refractivity contribution in [2.75, 3.05) is 10.6 Å². The van der Waals surface area contributed by atoms with Gasteiger partial charge in [-0.25, -0.2) is 9.18 Å². The summed E-state index contributed by atoms with van der Waals surface area (Å²) < 4.78 is 13.6. The monoisotopic (exact) mass is 346 g/mol. The average Bonchev–Trinajstić information content (AvgIpc) is 3.08. The zero-order chi connectivity index (χ0) is 17.9. The number of nitrogens with zero attached hydrogens (tertiary/aromatic N) is 1. The van der Waals surface area contributed by atoms with E-state index in [-0.39, 0.29) is 5.69 Å². The third-order valence-electron chi connectivity index (χ3n) is 4.01. The van der Waals surface area contributed by atoms with E-state index in [0.717, 1.165) is 22.2 Å². The fraction of sp³-hybridized carbons (Fsp3) is 0. The molecule has 26 heavy (non-hydrogen) atoms. The molecule has 2 aromatic heterocycles. The molecule has 0 unspecified atom stereocenters. The number of aromatic nitrogens is 2. The normalized spacial score (nSPS) is 10.7. The van der Waals surface area contributed by atoms with Crippen LogP contribution in [0.3, 0.4) is 0 Å². The molecule has 0 fully saturated rings. The van der Waals surface area contributed by atoms with E-state index in [1.54, 1.807) is 30.5 Å². The third kappa shape index (κ3) is 3.12. The van der Waals surface area contributed by atoms with E-state index >= 15 is 0 Å². The lowest BCUT2D eigenvalue weighted by atomic mass is 10.1. The lowest BCUT2D eigenvalue weighted by Gasteiger charge is -2.09. The fourth-order valence-corrected chi connectivity index (χ4v) is 2.76. The SMILES string of the molecule is O=C(Nc1ccc(-c2c[nH]c3cccnc23)cc1)Nc1ccccc1F. The van der Waals surface area contributed by atoms with Crippen molar-refractivity contribution in [1.82, 2.24) is 9.97 Å². The Labute approximate surface area is 148 Å². The van der Waals surface area contributed by atoms with Crippen molar-refractivity contribution < 1.29 is 9.18 Å². The van der Waals surface area contributed by atoms with Crippen LogP contribution in [0.2, 0.25) is 0 Å². The van der Waals surface area contributed by atoms with E-state index < -0.39 is 11.8 Å². The Hall–Kier alpha value is -3.67. The maximum Gasteiger partial charge on any atom is 0.323 e. The van der Waals surface area contributed by atoms with Crippen LogP contribution in [0, 0.1) is 5.82 Å². The fourth-order valence-electron chi connectivity index (χ4n) is 2.76. The Morgan fingerprint density at radius 1 is 0.962 bits per heavy atom. The number of benzene rings is 2. The van der Waals surface area contributed by atoms with Gasteiger partial charge in [0, 0.05) is 23.6 Å². The van der Waals surface area contributed by atoms with Gasteiger partial charge in [0.25, 0.3) is 0 Å². The van der Waals surface area contributed by atoms with Gasteiger partial charge in [-0.15, -0.1) is 0 Å². The number of hydrogen-bond donors (Lipinski definition) is 3. The minimum atomic E-state index is -0.503. The Bertz CT molecular complexity index is 1070. The van der Waals surface area contributed by atoms with Crippen molar-refractivity contribution in [2.24, 2.45) is 0 Å². The Balaban J connectivity index is 1.49. The predicted molar refractivity (Wildman–Crippen MR) is 101 cm³/mol. The lowest BCUT2D eigenvalue weighted by molar-refractivity contribution is 0.262. The number of halogens is 1. The number of pyridine rings is 1. The highest BCUT2D eigenvalue weighted by molar-refractivity contribution is 6.00. The summed E-state index contributed by atoms with van der Waals surface area (Å²) in [5.74, 6) is -0.482. The molecule has 0 aliphatic heterocycles. The van der Waals surface area contributed by atoms with E-state index in [1.807, 2.05) is 30.5 Å². The molecule has 0 saturated carbocycles. The van der Waals surface area contributed by atoms with Crippen molar-refractivity contribution in [3.05, 3.63) is 78.9 Å². The maximum absolute atomic E-state index is 13.6. The summed E-state index contributed by atoms with van der Waals surface area (Å²) in [5, 5.41) is 5.17. The standard InChI is InChI=1S/C20H15FN4O/c21-16-4-1-2-5-17(16)25-20(26)24-14-9-7-13(8-10-14)15-12-23-18-6-3-11-22-19(15)18/h1-12,23H,(H2,24,25,26). The van der Waals surface area contributed by atoms with Crippen molar-refractivity contribution in [3.63, 3.8) is 0 Å². The number of H-pyrrole nitrogens is 1. The molecule has 0 saturated heterocycles. The van der Waals surface area contributed by atoms with Gasteiger partial charge in [0.05, 0.1) is 16.7 Å². The summed E-state index contributed by atoms with van der Waals surface area (Å²) >= 11 is 0. The van der Waals surface area contributed by atoms with Gasteiger partial charge in [0.15, 0.2) is 0 Å². The van der Waals surface area contributed by atoms with Crippen LogP contribution in [0.15, 0.2) is 73.1 Å². The zero-order valence-electron chi connectivity index (χ0n) is 13.7. The topological polar surface area (TPSA) is 69.8 Å². The summed E-state index contributed by atoms with van der Waals surface area (Å²) in [5.41, 5.74) is 4.57. The number of fused-ring (bicyclic) bond motifs is 1. The van der Waals surface area contributed by atoms with Gasteiger partial charge in [-0.1, -0.05) is 24.3 Å². The number of nitrogens with one attached hydrogen (secondary N) is 3. The summed E-state index contributed by atoms with van der Waals surface area (Å²) in [7, 11) is 0. The van der Waals surface area contributed by atoms with Crippen LogP contribution in [-0.4, -0.2) is 16.0 Å². The molecule has 0 atom stereocenters. The number of aromatic amines is 1. The van der Waals surface area contributed by atoms with Crippen LogP contribution in [0.5, 0.6) is 0 Å². The lowest BCUT2D eigenvalue weighted by Crippen LogP contribution is -2.20. The highest BCUT2D eigenvalue weighted by Gasteiger charge is 2.09. The number of urea groups is 1. The minimum Gasteiger partial charge on any atom is -0.359 e. The van der Waals surface area contributed by atoms with Gasteiger partial charge in [0.1, 0.15) is 5.82 Å². The van der Waals surface area contributed by atoms with E-state index in [4.69, 9.17) is 0 Å². The molecule has 2 heterocycles. The summed E-state index contributed by atoms with van der Waals surface area (Å²) in [6.07, 6.45) is 3.66. The molecule has 6 heteroatoms. The van der Waals surface area contributed by atoms with Crippen LogP contribution in [0.4, 0.5) is 20.6 Å². The molecule has 0 radical (unpaired) electrons. The molecule has 4 aromatic rings. The number of rotatable bonds is 3. The molecule has 128 valence electrons. The Morgan fingerprint density at radius 3 is 2.58 bits per heavy atom. The number of hydrogen-bond acceptors (Lipinski definition) is 2. The first-order valence-electron chi connectivity index (χ1n) is 8.06. The highest BCUT2D eigenvalue weighted by Crippen LogP contribution is 2.27. The van der Waals surface area contributed by atoms with E-state index in [1.165, 1.54) is 12.1 Å². The second-order valence-corrected chi connectivity index (χ2v) is 5.74. The second kappa shape index (κ2) is 6.68. The molecule has 0 spiro atoms. The molecule has 3 N–H and O–H groups in total. The average molecular weight is 346 g/mol. The summed E-state index contributed by atoms with van der Waals surface area (Å²) in [6.45, 7) is 0. The van der Waals surface area contributed by atoms with Gasteiger partial charge in [0.2, 0.25) is 0 Å². The van der Waals surface area contributed by atoms with Crippen molar-refractivity contribution in [3.8, 4) is 11.1 Å². The number of carbonyl (C=O) groups excluding carboxylic acids is 1. The van der Waals surface area contributed by atoms with Gasteiger partial charge in [-0.05, 0) is 42.0 Å². The first-order chi connectivity index (χ1) is 12.7. The Morgan fingerprint density at radius 2 is 1.77 bits per heavy atom. The van der Waals surface area contributed by atoms with Gasteiger partial charge in [-0.2, -0.15) is 0 Å². The molecule has 0 aliphatic carbocycles. The molecule has 5 nitrogen and oxygen atoms in total. The van der Waals surface area contributed by atoms with Crippen molar-refractivity contribution >= 4 is 28.4 Å². The second-order valence-electron chi connectivity index (χ2n) is 5.74. The Kier molecular flexibility index (Phi) is 4.07. The summed E-state index contributed by atoms with van der Waals surface area (Å²) in [4.78, 5) is 19.6. The van der Waals surface area contributed by atoms with Gasteiger partial charge < -0.3 is 15.6 Å².